The van der Waals surface area contributed by atoms with E-state index in [9.17, 15) is 10.1 Å². The van der Waals surface area contributed by atoms with Crippen molar-refractivity contribution in [2.24, 2.45) is 11.3 Å². The van der Waals surface area contributed by atoms with Gasteiger partial charge in [0.25, 0.3) is 0 Å². The van der Waals surface area contributed by atoms with Crippen LogP contribution in [0, 0.1) is 22.7 Å². The Morgan fingerprint density at radius 1 is 1.04 bits per heavy atom. The summed E-state index contributed by atoms with van der Waals surface area (Å²) in [5, 5.41) is 9.61. The lowest BCUT2D eigenvalue weighted by atomic mass is 9.62. The maximum Gasteiger partial charge on any atom is 0.243 e. The Morgan fingerprint density at radius 2 is 1.50 bits per heavy atom. The average Bonchev–Trinajstić information content (AvgIpc) is 2.59. The standard InChI is InChI=1S/C21H22N2O/c1-17-12-21(13-17,16-22)20(24)23(14-18-8-4-2-5-9-18)15-19-10-6-3-7-11-19/h2-11,17H,12-15H2,1H3. The molecule has 2 aromatic carbocycles. The molecular formula is C21H22N2O. The van der Waals surface area contributed by atoms with E-state index in [1.807, 2.05) is 65.6 Å². The van der Waals surface area contributed by atoms with Crippen LogP contribution in [0.5, 0.6) is 0 Å². The second-order valence-electron chi connectivity index (χ2n) is 6.84. The molecule has 0 atom stereocenters. The summed E-state index contributed by atoms with van der Waals surface area (Å²) >= 11 is 0. The van der Waals surface area contributed by atoms with Crippen molar-refractivity contribution < 1.29 is 4.79 Å². The number of nitriles is 1. The summed E-state index contributed by atoms with van der Waals surface area (Å²) in [7, 11) is 0. The molecule has 1 amide bonds. The summed E-state index contributed by atoms with van der Waals surface area (Å²) in [6.07, 6.45) is 1.34. The summed E-state index contributed by atoms with van der Waals surface area (Å²) in [5.41, 5.74) is 1.34. The van der Waals surface area contributed by atoms with Crippen LogP contribution in [0.2, 0.25) is 0 Å². The molecule has 1 aliphatic carbocycles. The van der Waals surface area contributed by atoms with Gasteiger partial charge in [0.1, 0.15) is 5.41 Å². The predicted octanol–water partition coefficient (Wildman–Crippen LogP) is 4.16. The molecule has 1 aliphatic rings. The lowest BCUT2D eigenvalue weighted by molar-refractivity contribution is -0.146. The Labute approximate surface area is 143 Å². The van der Waals surface area contributed by atoms with Crippen LogP contribution < -0.4 is 0 Å². The van der Waals surface area contributed by atoms with Crippen molar-refractivity contribution in [1.82, 2.24) is 4.90 Å². The molecule has 122 valence electrons. The summed E-state index contributed by atoms with van der Waals surface area (Å²) in [6, 6.07) is 22.2. The zero-order valence-corrected chi connectivity index (χ0v) is 14.0. The largest absolute Gasteiger partial charge is 0.333 e. The Morgan fingerprint density at radius 3 is 1.88 bits per heavy atom. The normalized spacial score (nSPS) is 22.2. The van der Waals surface area contributed by atoms with E-state index in [4.69, 9.17) is 0 Å². The van der Waals surface area contributed by atoms with E-state index in [-0.39, 0.29) is 5.91 Å². The van der Waals surface area contributed by atoms with E-state index in [0.29, 0.717) is 31.8 Å². The highest BCUT2D eigenvalue weighted by Gasteiger charge is 2.50. The van der Waals surface area contributed by atoms with Gasteiger partial charge in [-0.25, -0.2) is 0 Å². The minimum absolute atomic E-state index is 0.0317. The highest BCUT2D eigenvalue weighted by molar-refractivity contribution is 5.86. The quantitative estimate of drug-likeness (QED) is 0.831. The Hall–Kier alpha value is -2.60. The first-order chi connectivity index (χ1) is 11.6. The molecule has 0 saturated heterocycles. The number of nitrogens with zero attached hydrogens (tertiary/aromatic N) is 2. The molecular weight excluding hydrogens is 296 g/mol. The third-order valence-electron chi connectivity index (χ3n) is 4.74. The zero-order valence-electron chi connectivity index (χ0n) is 14.0. The smallest absolute Gasteiger partial charge is 0.243 e. The molecule has 3 nitrogen and oxygen atoms in total. The number of hydrogen-bond donors (Lipinski definition) is 0. The molecule has 0 spiro atoms. The van der Waals surface area contributed by atoms with Crippen LogP contribution >= 0.6 is 0 Å². The summed E-state index contributed by atoms with van der Waals surface area (Å²) in [6.45, 7) is 3.17. The number of carbonyl (C=O) groups excluding carboxylic acids is 1. The van der Waals surface area contributed by atoms with Crippen LogP contribution in [0.3, 0.4) is 0 Å². The van der Waals surface area contributed by atoms with Crippen LogP contribution in [0.4, 0.5) is 0 Å². The Bertz CT molecular complexity index is 686. The lowest BCUT2D eigenvalue weighted by Gasteiger charge is -2.42. The molecule has 0 aliphatic heterocycles. The van der Waals surface area contributed by atoms with Gasteiger partial charge in [-0.15, -0.1) is 0 Å². The highest BCUT2D eigenvalue weighted by atomic mass is 16.2. The van der Waals surface area contributed by atoms with Gasteiger partial charge in [0, 0.05) is 13.1 Å². The predicted molar refractivity (Wildman–Crippen MR) is 93.6 cm³/mol. The van der Waals surface area contributed by atoms with Gasteiger partial charge in [-0.1, -0.05) is 67.6 Å². The molecule has 24 heavy (non-hydrogen) atoms. The van der Waals surface area contributed by atoms with Crippen molar-refractivity contribution in [3.8, 4) is 6.07 Å². The first kappa shape index (κ1) is 16.3. The molecule has 0 heterocycles. The molecule has 3 rings (SSSR count). The number of rotatable bonds is 5. The maximum absolute atomic E-state index is 13.1. The van der Waals surface area contributed by atoms with E-state index in [1.54, 1.807) is 0 Å². The van der Waals surface area contributed by atoms with Gasteiger partial charge in [-0.2, -0.15) is 5.26 Å². The molecule has 1 saturated carbocycles. The molecule has 1 fully saturated rings. The summed E-state index contributed by atoms with van der Waals surface area (Å²) in [4.78, 5) is 15.0. The van der Waals surface area contributed by atoms with E-state index in [0.717, 1.165) is 11.1 Å². The molecule has 0 radical (unpaired) electrons. The number of benzene rings is 2. The molecule has 0 unspecified atom stereocenters. The van der Waals surface area contributed by atoms with Gasteiger partial charge < -0.3 is 4.90 Å². The third kappa shape index (κ3) is 3.33. The molecule has 0 N–H and O–H groups in total. The Kier molecular flexibility index (Phi) is 4.66. The second kappa shape index (κ2) is 6.88. The van der Waals surface area contributed by atoms with E-state index >= 15 is 0 Å². The van der Waals surface area contributed by atoms with Gasteiger partial charge in [-0.3, -0.25) is 4.79 Å². The maximum atomic E-state index is 13.1. The third-order valence-corrected chi connectivity index (χ3v) is 4.74. The number of amides is 1. The van der Waals surface area contributed by atoms with E-state index in [1.165, 1.54) is 0 Å². The van der Waals surface area contributed by atoms with Crippen LogP contribution in [-0.2, 0) is 17.9 Å². The second-order valence-corrected chi connectivity index (χ2v) is 6.84. The average molecular weight is 318 g/mol. The first-order valence-corrected chi connectivity index (χ1v) is 8.41. The summed E-state index contributed by atoms with van der Waals surface area (Å²) < 4.78 is 0. The lowest BCUT2D eigenvalue weighted by Crippen LogP contribution is -2.49. The topological polar surface area (TPSA) is 44.1 Å². The number of carbonyl (C=O) groups is 1. The van der Waals surface area contributed by atoms with Crippen LogP contribution in [0.25, 0.3) is 0 Å². The van der Waals surface area contributed by atoms with Gasteiger partial charge in [0.05, 0.1) is 6.07 Å². The van der Waals surface area contributed by atoms with Crippen molar-refractivity contribution >= 4 is 5.91 Å². The molecule has 2 aromatic rings. The SMILES string of the molecule is CC1CC(C#N)(C(=O)N(Cc2ccccc2)Cc2ccccc2)C1. The van der Waals surface area contributed by atoms with Crippen molar-refractivity contribution in [1.29, 1.82) is 5.26 Å². The van der Waals surface area contributed by atoms with Crippen LogP contribution in [-0.4, -0.2) is 10.8 Å². The van der Waals surface area contributed by atoms with Crippen LogP contribution in [0.1, 0.15) is 30.9 Å². The molecule has 0 bridgehead atoms. The fraction of sp³-hybridized carbons (Fsp3) is 0.333. The minimum Gasteiger partial charge on any atom is -0.333 e. The minimum atomic E-state index is -0.830. The van der Waals surface area contributed by atoms with Crippen molar-refractivity contribution in [2.45, 2.75) is 32.9 Å². The monoisotopic (exact) mass is 318 g/mol. The van der Waals surface area contributed by atoms with Crippen molar-refractivity contribution in [3.63, 3.8) is 0 Å². The van der Waals surface area contributed by atoms with Gasteiger partial charge in [0.15, 0.2) is 0 Å². The fourth-order valence-corrected chi connectivity index (χ4v) is 3.55. The fourth-order valence-electron chi connectivity index (χ4n) is 3.55. The van der Waals surface area contributed by atoms with Crippen molar-refractivity contribution in [2.75, 3.05) is 0 Å². The zero-order chi connectivity index (χ0) is 17.0. The van der Waals surface area contributed by atoms with Crippen molar-refractivity contribution in [3.05, 3.63) is 71.8 Å². The first-order valence-electron chi connectivity index (χ1n) is 8.41. The highest BCUT2D eigenvalue weighted by Crippen LogP contribution is 2.46. The van der Waals surface area contributed by atoms with Gasteiger partial charge in [0.2, 0.25) is 5.91 Å². The van der Waals surface area contributed by atoms with E-state index in [2.05, 4.69) is 13.0 Å². The molecule has 0 aromatic heterocycles. The van der Waals surface area contributed by atoms with E-state index < -0.39 is 5.41 Å². The van der Waals surface area contributed by atoms with Crippen LogP contribution in [0.15, 0.2) is 60.7 Å². The van der Waals surface area contributed by atoms with Gasteiger partial charge >= 0.3 is 0 Å². The Balaban J connectivity index is 1.84. The summed E-state index contributed by atoms with van der Waals surface area (Å²) in [5.74, 6) is 0.416. The van der Waals surface area contributed by atoms with Gasteiger partial charge in [-0.05, 0) is 29.9 Å². The number of hydrogen-bond acceptors (Lipinski definition) is 2. The molecule has 3 heteroatoms.